The molecule has 1 saturated heterocycles. The van der Waals surface area contributed by atoms with Crippen LogP contribution < -0.4 is 0 Å². The third-order valence-corrected chi connectivity index (χ3v) is 6.72. The van der Waals surface area contributed by atoms with E-state index in [0.29, 0.717) is 0 Å². The van der Waals surface area contributed by atoms with Gasteiger partial charge in [0.15, 0.2) is 14.6 Å². The van der Waals surface area contributed by atoms with Crippen molar-refractivity contribution in [3.63, 3.8) is 0 Å². The minimum Gasteiger partial charge on any atom is -0.341 e. The van der Waals surface area contributed by atoms with Crippen LogP contribution in [0.5, 0.6) is 0 Å². The Hall–Kier alpha value is -0.790. The van der Waals surface area contributed by atoms with E-state index in [1.54, 1.807) is 0 Å². The average molecular weight is 327 g/mol. The maximum absolute atomic E-state index is 13.0. The summed E-state index contributed by atoms with van der Waals surface area (Å²) in [5, 5.41) is 0. The van der Waals surface area contributed by atoms with Crippen LogP contribution in [-0.4, -0.2) is 49.5 Å². The molecule has 1 aliphatic heterocycles. The Kier molecular flexibility index (Phi) is 3.63. The molecule has 1 saturated carbocycles. The zero-order valence-electron chi connectivity index (χ0n) is 12.3. The molecule has 1 heterocycles. The fraction of sp³-hybridized carbons (Fsp3) is 0.923. The molecule has 21 heavy (non-hydrogen) atoms. The summed E-state index contributed by atoms with van der Waals surface area (Å²) in [5.41, 5.74) is -1.11. The number of hydrogen-bond donors (Lipinski definition) is 0. The molecule has 2 aliphatic rings. The first kappa shape index (κ1) is 16.6. The van der Waals surface area contributed by atoms with Crippen molar-refractivity contribution in [2.75, 3.05) is 19.3 Å². The van der Waals surface area contributed by atoms with Crippen LogP contribution >= 0.6 is 0 Å². The summed E-state index contributed by atoms with van der Waals surface area (Å²) in [4.78, 5) is 13.7. The van der Waals surface area contributed by atoms with E-state index in [4.69, 9.17) is 0 Å². The van der Waals surface area contributed by atoms with E-state index in [9.17, 15) is 26.4 Å². The van der Waals surface area contributed by atoms with Gasteiger partial charge in [-0.1, -0.05) is 13.8 Å². The van der Waals surface area contributed by atoms with Crippen molar-refractivity contribution in [1.29, 1.82) is 0 Å². The van der Waals surface area contributed by atoms with Crippen molar-refractivity contribution in [3.8, 4) is 0 Å². The normalized spacial score (nSPS) is 28.3. The maximum Gasteiger partial charge on any atom is 0.392 e. The van der Waals surface area contributed by atoms with Crippen molar-refractivity contribution in [2.45, 2.75) is 44.0 Å². The molecule has 2 fully saturated rings. The van der Waals surface area contributed by atoms with Crippen molar-refractivity contribution >= 4 is 15.7 Å². The highest BCUT2D eigenvalue weighted by Crippen LogP contribution is 2.49. The number of hydrogen-bond acceptors (Lipinski definition) is 3. The van der Waals surface area contributed by atoms with Gasteiger partial charge in [0.1, 0.15) is 0 Å². The number of alkyl halides is 3. The van der Waals surface area contributed by atoms with Gasteiger partial charge in [-0.25, -0.2) is 8.42 Å². The lowest BCUT2D eigenvalue weighted by molar-refractivity contribution is -0.217. The summed E-state index contributed by atoms with van der Waals surface area (Å²) in [7, 11) is -3.53. The highest BCUT2D eigenvalue weighted by Gasteiger charge is 2.61. The van der Waals surface area contributed by atoms with Crippen molar-refractivity contribution in [2.24, 2.45) is 11.3 Å². The van der Waals surface area contributed by atoms with Gasteiger partial charge in [0.2, 0.25) is 5.91 Å². The van der Waals surface area contributed by atoms with E-state index in [-0.39, 0.29) is 32.4 Å². The van der Waals surface area contributed by atoms with Crippen molar-refractivity contribution < 1.29 is 26.4 Å². The van der Waals surface area contributed by atoms with Crippen molar-refractivity contribution in [3.05, 3.63) is 0 Å². The first-order valence-corrected chi connectivity index (χ1v) is 8.76. The number of rotatable bonds is 2. The van der Waals surface area contributed by atoms with E-state index < -0.39 is 38.0 Å². The molecule has 0 aromatic heterocycles. The average Bonchev–Trinajstić information content (AvgIpc) is 3.04. The van der Waals surface area contributed by atoms with Crippen LogP contribution in [0.4, 0.5) is 13.2 Å². The summed E-state index contributed by atoms with van der Waals surface area (Å²) in [6, 6.07) is 0. The molecule has 0 spiro atoms. The minimum absolute atomic E-state index is 0.0380. The van der Waals surface area contributed by atoms with Crippen LogP contribution in [0.15, 0.2) is 0 Å². The number of nitrogens with zero attached hydrogens (tertiary/aromatic N) is 1. The molecule has 8 heteroatoms. The van der Waals surface area contributed by atoms with Gasteiger partial charge in [-0.15, -0.1) is 0 Å². The molecular weight excluding hydrogens is 307 g/mol. The van der Waals surface area contributed by atoms with Crippen LogP contribution in [0.2, 0.25) is 0 Å². The van der Waals surface area contributed by atoms with E-state index in [1.807, 2.05) is 0 Å². The van der Waals surface area contributed by atoms with Gasteiger partial charge in [0, 0.05) is 19.3 Å². The molecule has 1 amide bonds. The molecule has 0 radical (unpaired) electrons. The van der Waals surface area contributed by atoms with Crippen LogP contribution in [0.3, 0.4) is 0 Å². The lowest BCUT2D eigenvalue weighted by Crippen LogP contribution is -2.55. The third-order valence-electron chi connectivity index (χ3n) is 4.72. The summed E-state index contributed by atoms with van der Waals surface area (Å²) in [5.74, 6) is -2.00. The molecule has 2 rings (SSSR count). The Morgan fingerprint density at radius 3 is 2.10 bits per heavy atom. The Morgan fingerprint density at radius 1 is 1.24 bits per heavy atom. The van der Waals surface area contributed by atoms with Crippen molar-refractivity contribution in [1.82, 2.24) is 4.90 Å². The Morgan fingerprint density at radius 2 is 1.76 bits per heavy atom. The molecule has 0 bridgehead atoms. The first-order chi connectivity index (χ1) is 9.31. The lowest BCUT2D eigenvalue weighted by atomic mass is 9.73. The minimum atomic E-state index is -4.30. The molecule has 0 N–H and O–H groups in total. The quantitative estimate of drug-likeness (QED) is 0.779. The van der Waals surface area contributed by atoms with Crippen LogP contribution in [0.25, 0.3) is 0 Å². The predicted molar refractivity (Wildman–Crippen MR) is 71.3 cm³/mol. The molecular formula is C13H20F3NO3S. The standard InChI is InChI=1S/C13H20F3NO3S/c1-11(2)8-17(7-4-9(11)13(14,15)16)10(18)12(5-6-12)21(3,19)20/h9H,4-8H2,1-3H3. The third kappa shape index (κ3) is 2.78. The highest BCUT2D eigenvalue weighted by molar-refractivity contribution is 7.93. The Balaban J connectivity index is 2.18. The van der Waals surface area contributed by atoms with E-state index in [0.717, 1.165) is 6.26 Å². The SMILES string of the molecule is CC1(C)CN(C(=O)C2(S(C)(=O)=O)CC2)CCC1C(F)(F)F. The van der Waals surface area contributed by atoms with Crippen LogP contribution in [0.1, 0.15) is 33.1 Å². The van der Waals surface area contributed by atoms with Gasteiger partial charge >= 0.3 is 6.18 Å². The summed E-state index contributed by atoms with van der Waals surface area (Å²) >= 11 is 0. The van der Waals surface area contributed by atoms with Gasteiger partial charge in [-0.05, 0) is 24.7 Å². The molecule has 0 aromatic rings. The first-order valence-electron chi connectivity index (χ1n) is 6.87. The number of carbonyl (C=O) groups excluding carboxylic acids is 1. The smallest absolute Gasteiger partial charge is 0.341 e. The van der Waals surface area contributed by atoms with E-state index >= 15 is 0 Å². The highest BCUT2D eigenvalue weighted by atomic mass is 32.2. The topological polar surface area (TPSA) is 54.5 Å². The van der Waals surface area contributed by atoms with E-state index in [2.05, 4.69) is 0 Å². The van der Waals surface area contributed by atoms with Gasteiger partial charge in [-0.3, -0.25) is 4.79 Å². The second-order valence-corrected chi connectivity index (χ2v) is 9.19. The molecule has 1 unspecified atom stereocenters. The van der Waals surface area contributed by atoms with Crippen LogP contribution in [0, 0.1) is 11.3 Å². The predicted octanol–water partition coefficient (Wildman–Crippen LogP) is 2.00. The number of halogens is 3. The maximum atomic E-state index is 13.0. The summed E-state index contributed by atoms with van der Waals surface area (Å²) < 4.78 is 61.1. The molecule has 1 aliphatic carbocycles. The lowest BCUT2D eigenvalue weighted by Gasteiger charge is -2.45. The van der Waals surface area contributed by atoms with Gasteiger partial charge in [-0.2, -0.15) is 13.2 Å². The molecule has 122 valence electrons. The van der Waals surface area contributed by atoms with Gasteiger partial charge < -0.3 is 4.90 Å². The van der Waals surface area contributed by atoms with E-state index in [1.165, 1.54) is 18.7 Å². The summed E-state index contributed by atoms with van der Waals surface area (Å²) in [6.07, 6.45) is -2.92. The zero-order chi connectivity index (χ0) is 16.3. The summed E-state index contributed by atoms with van der Waals surface area (Å²) in [6.45, 7) is 2.85. The second-order valence-electron chi connectivity index (χ2n) is 6.86. The Bertz CT molecular complexity index is 549. The fourth-order valence-corrected chi connectivity index (χ4v) is 4.57. The largest absolute Gasteiger partial charge is 0.392 e. The molecule has 1 atom stereocenters. The number of amides is 1. The number of carbonyl (C=O) groups is 1. The second kappa shape index (κ2) is 4.60. The Labute approximate surface area is 122 Å². The fourth-order valence-electron chi connectivity index (χ4n) is 3.28. The number of piperidine rings is 1. The zero-order valence-corrected chi connectivity index (χ0v) is 13.1. The number of likely N-dealkylation sites (tertiary alicyclic amines) is 1. The van der Waals surface area contributed by atoms with Crippen LogP contribution in [-0.2, 0) is 14.6 Å². The monoisotopic (exact) mass is 327 g/mol. The molecule has 0 aromatic carbocycles. The molecule has 4 nitrogen and oxygen atoms in total. The van der Waals surface area contributed by atoms with Gasteiger partial charge in [0.05, 0.1) is 5.92 Å². The van der Waals surface area contributed by atoms with Gasteiger partial charge in [0.25, 0.3) is 0 Å². The number of sulfone groups is 1.